The lowest BCUT2D eigenvalue weighted by molar-refractivity contribution is 0.674. The summed E-state index contributed by atoms with van der Waals surface area (Å²) in [5.74, 6) is 0. The van der Waals surface area contributed by atoms with E-state index in [1.165, 1.54) is 22.3 Å². The standard InChI is InChI=1S/C16H20N2/c1-3-8-17-10-14-9-16(12-18-11-14)15-6-4-13(2)5-7-15/h4-7,9,11-12,17H,3,8,10H2,1-2H3. The third kappa shape index (κ3) is 3.41. The van der Waals surface area contributed by atoms with E-state index in [4.69, 9.17) is 0 Å². The maximum Gasteiger partial charge on any atom is 0.0346 e. The first kappa shape index (κ1) is 12.8. The Hall–Kier alpha value is -1.67. The largest absolute Gasteiger partial charge is 0.313 e. The van der Waals surface area contributed by atoms with Gasteiger partial charge >= 0.3 is 0 Å². The molecule has 1 N–H and O–H groups in total. The third-order valence-electron chi connectivity index (χ3n) is 2.94. The van der Waals surface area contributed by atoms with Crippen molar-refractivity contribution in [3.8, 4) is 11.1 Å². The van der Waals surface area contributed by atoms with Gasteiger partial charge in [-0.3, -0.25) is 4.98 Å². The highest BCUT2D eigenvalue weighted by atomic mass is 14.8. The maximum atomic E-state index is 4.32. The molecule has 0 spiro atoms. The van der Waals surface area contributed by atoms with Crippen LogP contribution in [0.15, 0.2) is 42.7 Å². The lowest BCUT2D eigenvalue weighted by atomic mass is 10.0. The first-order valence-corrected chi connectivity index (χ1v) is 6.51. The van der Waals surface area contributed by atoms with Crippen molar-refractivity contribution in [2.75, 3.05) is 6.54 Å². The Morgan fingerprint density at radius 3 is 2.56 bits per heavy atom. The van der Waals surface area contributed by atoms with E-state index in [1.807, 2.05) is 12.4 Å². The number of aromatic nitrogens is 1. The highest BCUT2D eigenvalue weighted by Crippen LogP contribution is 2.19. The van der Waals surface area contributed by atoms with Crippen LogP contribution >= 0.6 is 0 Å². The second-order valence-corrected chi connectivity index (χ2v) is 4.62. The van der Waals surface area contributed by atoms with Gasteiger partial charge in [0.05, 0.1) is 0 Å². The van der Waals surface area contributed by atoms with E-state index in [-0.39, 0.29) is 0 Å². The zero-order valence-electron chi connectivity index (χ0n) is 11.1. The zero-order valence-corrected chi connectivity index (χ0v) is 11.1. The van der Waals surface area contributed by atoms with E-state index in [9.17, 15) is 0 Å². The van der Waals surface area contributed by atoms with Crippen LogP contribution in [-0.4, -0.2) is 11.5 Å². The Labute approximate surface area is 109 Å². The summed E-state index contributed by atoms with van der Waals surface area (Å²) in [6, 6.07) is 10.8. The third-order valence-corrected chi connectivity index (χ3v) is 2.94. The summed E-state index contributed by atoms with van der Waals surface area (Å²) in [6.07, 6.45) is 5.01. The van der Waals surface area contributed by atoms with Gasteiger partial charge in [-0.25, -0.2) is 0 Å². The molecule has 0 fully saturated rings. The van der Waals surface area contributed by atoms with E-state index in [0.717, 1.165) is 19.5 Å². The number of hydrogen-bond acceptors (Lipinski definition) is 2. The van der Waals surface area contributed by atoms with Gasteiger partial charge in [-0.15, -0.1) is 0 Å². The van der Waals surface area contributed by atoms with E-state index >= 15 is 0 Å². The molecular weight excluding hydrogens is 220 g/mol. The van der Waals surface area contributed by atoms with Crippen molar-refractivity contribution >= 4 is 0 Å². The Bertz CT molecular complexity index is 489. The van der Waals surface area contributed by atoms with Crippen LogP contribution in [0, 0.1) is 6.92 Å². The molecule has 0 atom stereocenters. The van der Waals surface area contributed by atoms with Crippen LogP contribution in [-0.2, 0) is 6.54 Å². The SMILES string of the molecule is CCCNCc1cncc(-c2ccc(C)cc2)c1. The van der Waals surface area contributed by atoms with Crippen LogP contribution in [0.4, 0.5) is 0 Å². The minimum Gasteiger partial charge on any atom is -0.313 e. The lowest BCUT2D eigenvalue weighted by Gasteiger charge is -2.06. The first-order valence-electron chi connectivity index (χ1n) is 6.51. The van der Waals surface area contributed by atoms with Gasteiger partial charge in [-0.05, 0) is 37.1 Å². The summed E-state index contributed by atoms with van der Waals surface area (Å²) < 4.78 is 0. The summed E-state index contributed by atoms with van der Waals surface area (Å²) in [4.78, 5) is 4.32. The van der Waals surface area contributed by atoms with Crippen molar-refractivity contribution in [3.05, 3.63) is 53.9 Å². The van der Waals surface area contributed by atoms with Gasteiger partial charge in [0.1, 0.15) is 0 Å². The molecule has 0 saturated heterocycles. The Morgan fingerprint density at radius 2 is 1.83 bits per heavy atom. The molecule has 0 bridgehead atoms. The highest BCUT2D eigenvalue weighted by molar-refractivity contribution is 5.63. The number of nitrogens with zero attached hydrogens (tertiary/aromatic N) is 1. The molecule has 0 radical (unpaired) electrons. The Kier molecular flexibility index (Phi) is 4.48. The van der Waals surface area contributed by atoms with Gasteiger partial charge in [0.2, 0.25) is 0 Å². The fourth-order valence-electron chi connectivity index (χ4n) is 1.90. The normalized spacial score (nSPS) is 10.6. The zero-order chi connectivity index (χ0) is 12.8. The van der Waals surface area contributed by atoms with Crippen molar-refractivity contribution in [2.45, 2.75) is 26.8 Å². The van der Waals surface area contributed by atoms with Gasteiger partial charge in [0.25, 0.3) is 0 Å². The number of pyridine rings is 1. The van der Waals surface area contributed by atoms with Crippen LogP contribution in [0.1, 0.15) is 24.5 Å². The van der Waals surface area contributed by atoms with Crippen molar-refractivity contribution in [3.63, 3.8) is 0 Å². The molecule has 1 aromatic heterocycles. The maximum absolute atomic E-state index is 4.32. The molecule has 2 nitrogen and oxygen atoms in total. The van der Waals surface area contributed by atoms with Gasteiger partial charge in [-0.2, -0.15) is 0 Å². The minimum atomic E-state index is 0.889. The molecule has 2 aromatic rings. The topological polar surface area (TPSA) is 24.9 Å². The fourth-order valence-corrected chi connectivity index (χ4v) is 1.90. The van der Waals surface area contributed by atoms with Gasteiger partial charge in [0.15, 0.2) is 0 Å². The van der Waals surface area contributed by atoms with Crippen LogP contribution in [0.25, 0.3) is 11.1 Å². The van der Waals surface area contributed by atoms with Gasteiger partial charge in [-0.1, -0.05) is 36.8 Å². The molecule has 1 heterocycles. The van der Waals surface area contributed by atoms with E-state index in [1.54, 1.807) is 0 Å². The lowest BCUT2D eigenvalue weighted by Crippen LogP contribution is -2.13. The Balaban J connectivity index is 2.13. The predicted molar refractivity (Wildman–Crippen MR) is 76.4 cm³/mol. The average molecular weight is 240 g/mol. The molecule has 2 heteroatoms. The van der Waals surface area contributed by atoms with Crippen molar-refractivity contribution in [2.24, 2.45) is 0 Å². The van der Waals surface area contributed by atoms with Crippen LogP contribution < -0.4 is 5.32 Å². The molecule has 1 aromatic carbocycles. The van der Waals surface area contributed by atoms with E-state index in [2.05, 4.69) is 54.5 Å². The summed E-state index contributed by atoms with van der Waals surface area (Å²) in [5.41, 5.74) is 4.94. The number of hydrogen-bond donors (Lipinski definition) is 1. The fraction of sp³-hybridized carbons (Fsp3) is 0.312. The Morgan fingerprint density at radius 1 is 1.06 bits per heavy atom. The van der Waals surface area contributed by atoms with Gasteiger partial charge in [0, 0.05) is 24.5 Å². The molecule has 2 rings (SSSR count). The van der Waals surface area contributed by atoms with Crippen LogP contribution in [0.5, 0.6) is 0 Å². The number of rotatable bonds is 5. The quantitative estimate of drug-likeness (QED) is 0.808. The second kappa shape index (κ2) is 6.31. The van der Waals surface area contributed by atoms with Crippen LogP contribution in [0.3, 0.4) is 0 Å². The second-order valence-electron chi connectivity index (χ2n) is 4.62. The molecule has 0 unspecified atom stereocenters. The van der Waals surface area contributed by atoms with E-state index in [0.29, 0.717) is 0 Å². The minimum absolute atomic E-state index is 0.889. The van der Waals surface area contributed by atoms with E-state index < -0.39 is 0 Å². The highest BCUT2D eigenvalue weighted by Gasteiger charge is 2.00. The number of nitrogens with one attached hydrogen (secondary N) is 1. The molecule has 0 aliphatic heterocycles. The molecule has 0 aliphatic carbocycles. The first-order chi connectivity index (χ1) is 8.79. The molecule has 0 aliphatic rings. The summed E-state index contributed by atoms with van der Waals surface area (Å²) >= 11 is 0. The number of benzene rings is 1. The summed E-state index contributed by atoms with van der Waals surface area (Å²) in [7, 11) is 0. The average Bonchev–Trinajstić information content (AvgIpc) is 2.40. The smallest absolute Gasteiger partial charge is 0.0346 e. The molecule has 18 heavy (non-hydrogen) atoms. The van der Waals surface area contributed by atoms with Gasteiger partial charge < -0.3 is 5.32 Å². The number of aryl methyl sites for hydroxylation is 1. The molecule has 0 amide bonds. The molecular formula is C16H20N2. The predicted octanol–water partition coefficient (Wildman–Crippen LogP) is 3.56. The summed E-state index contributed by atoms with van der Waals surface area (Å²) in [5, 5.41) is 3.40. The van der Waals surface area contributed by atoms with Crippen molar-refractivity contribution < 1.29 is 0 Å². The molecule has 94 valence electrons. The monoisotopic (exact) mass is 240 g/mol. The molecule has 0 saturated carbocycles. The summed E-state index contributed by atoms with van der Waals surface area (Å²) in [6.45, 7) is 6.22. The van der Waals surface area contributed by atoms with Crippen LogP contribution in [0.2, 0.25) is 0 Å². The van der Waals surface area contributed by atoms with Crippen molar-refractivity contribution in [1.29, 1.82) is 0 Å². The van der Waals surface area contributed by atoms with Crippen molar-refractivity contribution in [1.82, 2.24) is 10.3 Å².